The van der Waals surface area contributed by atoms with E-state index in [2.05, 4.69) is 4.90 Å². The maximum atomic E-state index is 10.4. The lowest BCUT2D eigenvalue weighted by molar-refractivity contribution is -0.112. The van der Waals surface area contributed by atoms with Crippen LogP contribution in [0.15, 0.2) is 0 Å². The third-order valence-electron chi connectivity index (χ3n) is 2.65. The van der Waals surface area contributed by atoms with Gasteiger partial charge < -0.3 is 9.90 Å². The van der Waals surface area contributed by atoms with Crippen LogP contribution in [0.4, 0.5) is 0 Å². The van der Waals surface area contributed by atoms with Crippen molar-refractivity contribution in [3.8, 4) is 0 Å². The molecular formula is C9H17NO2. The third-order valence-corrected chi connectivity index (χ3v) is 2.65. The number of carbonyl (C=O) groups is 1. The van der Waals surface area contributed by atoms with Crippen molar-refractivity contribution in [2.45, 2.75) is 25.8 Å². The van der Waals surface area contributed by atoms with E-state index in [4.69, 9.17) is 5.11 Å². The maximum Gasteiger partial charge on any atom is 0.123 e. The highest BCUT2D eigenvalue weighted by atomic mass is 16.3. The maximum absolute atomic E-state index is 10.4. The van der Waals surface area contributed by atoms with Crippen LogP contribution in [0, 0.1) is 5.92 Å². The van der Waals surface area contributed by atoms with Crippen molar-refractivity contribution >= 4 is 6.29 Å². The molecule has 1 unspecified atom stereocenters. The van der Waals surface area contributed by atoms with Crippen molar-refractivity contribution in [2.24, 2.45) is 5.92 Å². The largest absolute Gasteiger partial charge is 0.395 e. The van der Waals surface area contributed by atoms with Crippen LogP contribution >= 0.6 is 0 Å². The summed E-state index contributed by atoms with van der Waals surface area (Å²) >= 11 is 0. The van der Waals surface area contributed by atoms with Gasteiger partial charge in [0.25, 0.3) is 0 Å². The van der Waals surface area contributed by atoms with Crippen LogP contribution in [0.1, 0.15) is 19.8 Å². The van der Waals surface area contributed by atoms with E-state index >= 15 is 0 Å². The smallest absolute Gasteiger partial charge is 0.123 e. The van der Waals surface area contributed by atoms with Gasteiger partial charge >= 0.3 is 0 Å². The Morgan fingerprint density at radius 3 is 2.58 bits per heavy atom. The number of aliphatic hydroxyl groups is 1. The van der Waals surface area contributed by atoms with Gasteiger partial charge in [0, 0.05) is 12.0 Å². The van der Waals surface area contributed by atoms with Crippen LogP contribution in [0.2, 0.25) is 0 Å². The third kappa shape index (κ3) is 2.29. The van der Waals surface area contributed by atoms with Gasteiger partial charge in [-0.15, -0.1) is 0 Å². The second kappa shape index (κ2) is 4.58. The summed E-state index contributed by atoms with van der Waals surface area (Å²) in [5.41, 5.74) is 0. The Bertz CT molecular complexity index is 141. The Labute approximate surface area is 73.4 Å². The minimum atomic E-state index is 0.214. The summed E-state index contributed by atoms with van der Waals surface area (Å²) in [7, 11) is 0. The zero-order valence-corrected chi connectivity index (χ0v) is 7.57. The number of nitrogens with zero attached hydrogens (tertiary/aromatic N) is 1. The minimum absolute atomic E-state index is 0.214. The van der Waals surface area contributed by atoms with Crippen LogP contribution in [-0.2, 0) is 4.79 Å². The summed E-state index contributed by atoms with van der Waals surface area (Å²) in [4.78, 5) is 12.7. The van der Waals surface area contributed by atoms with Crippen LogP contribution in [0.25, 0.3) is 0 Å². The summed E-state index contributed by atoms with van der Waals surface area (Å²) in [5.74, 6) is 0.257. The van der Waals surface area contributed by atoms with Crippen molar-refractivity contribution < 1.29 is 9.90 Å². The average molecular weight is 171 g/mol. The predicted octanol–water partition coefficient (Wildman–Crippen LogP) is 0.278. The van der Waals surface area contributed by atoms with E-state index in [1.165, 1.54) is 0 Å². The van der Waals surface area contributed by atoms with E-state index in [9.17, 15) is 4.79 Å². The van der Waals surface area contributed by atoms with Gasteiger partial charge in [-0.05, 0) is 32.9 Å². The number of hydrogen-bond acceptors (Lipinski definition) is 3. The Morgan fingerprint density at radius 1 is 1.58 bits per heavy atom. The van der Waals surface area contributed by atoms with E-state index in [1.807, 2.05) is 6.92 Å². The molecule has 1 N–H and O–H groups in total. The van der Waals surface area contributed by atoms with Gasteiger partial charge in [-0.2, -0.15) is 0 Å². The summed E-state index contributed by atoms with van der Waals surface area (Å²) in [5, 5.41) is 8.90. The number of aliphatic hydroxyl groups excluding tert-OH is 1. The molecular weight excluding hydrogens is 154 g/mol. The Hall–Kier alpha value is -0.410. The topological polar surface area (TPSA) is 40.5 Å². The Balaban J connectivity index is 2.30. The van der Waals surface area contributed by atoms with Gasteiger partial charge in [0.15, 0.2) is 0 Å². The van der Waals surface area contributed by atoms with Crippen molar-refractivity contribution in [2.75, 3.05) is 19.7 Å². The molecule has 0 aromatic carbocycles. The molecule has 1 aliphatic heterocycles. The average Bonchev–Trinajstić information content (AvgIpc) is 2.17. The molecule has 0 amide bonds. The summed E-state index contributed by atoms with van der Waals surface area (Å²) in [6, 6.07) is 0.248. The monoisotopic (exact) mass is 171 g/mol. The Morgan fingerprint density at radius 2 is 2.17 bits per heavy atom. The predicted molar refractivity (Wildman–Crippen MR) is 46.9 cm³/mol. The summed E-state index contributed by atoms with van der Waals surface area (Å²) < 4.78 is 0. The molecule has 0 bridgehead atoms. The molecule has 1 heterocycles. The van der Waals surface area contributed by atoms with Crippen molar-refractivity contribution in [3.05, 3.63) is 0 Å². The number of aldehydes is 1. The minimum Gasteiger partial charge on any atom is -0.395 e. The zero-order valence-electron chi connectivity index (χ0n) is 7.57. The van der Waals surface area contributed by atoms with Crippen LogP contribution < -0.4 is 0 Å². The van der Waals surface area contributed by atoms with Crippen molar-refractivity contribution in [1.82, 2.24) is 4.90 Å². The van der Waals surface area contributed by atoms with E-state index in [-0.39, 0.29) is 18.6 Å². The molecule has 0 saturated carbocycles. The first-order chi connectivity index (χ1) is 5.77. The summed E-state index contributed by atoms with van der Waals surface area (Å²) in [6.07, 6.45) is 2.96. The summed E-state index contributed by atoms with van der Waals surface area (Å²) in [6.45, 7) is 4.13. The van der Waals surface area contributed by atoms with Gasteiger partial charge in [-0.3, -0.25) is 4.90 Å². The lowest BCUT2D eigenvalue weighted by Crippen LogP contribution is -2.41. The highest BCUT2D eigenvalue weighted by Gasteiger charge is 2.21. The van der Waals surface area contributed by atoms with Crippen molar-refractivity contribution in [3.63, 3.8) is 0 Å². The lowest BCUT2D eigenvalue weighted by Gasteiger charge is -2.33. The SMILES string of the molecule is CC(CO)N1CCC(C=O)CC1. The molecule has 1 saturated heterocycles. The number of rotatable bonds is 3. The van der Waals surface area contributed by atoms with Gasteiger partial charge in [-0.25, -0.2) is 0 Å². The lowest BCUT2D eigenvalue weighted by atomic mass is 9.98. The fourth-order valence-corrected chi connectivity index (χ4v) is 1.61. The molecule has 0 radical (unpaired) electrons. The fraction of sp³-hybridized carbons (Fsp3) is 0.889. The molecule has 0 spiro atoms. The number of carbonyl (C=O) groups excluding carboxylic acids is 1. The molecule has 1 rings (SSSR count). The number of likely N-dealkylation sites (tertiary alicyclic amines) is 1. The van der Waals surface area contributed by atoms with E-state index in [0.717, 1.165) is 32.2 Å². The van der Waals surface area contributed by atoms with Gasteiger partial charge in [-0.1, -0.05) is 0 Å². The Kier molecular flexibility index (Phi) is 3.69. The fourth-order valence-electron chi connectivity index (χ4n) is 1.61. The molecule has 70 valence electrons. The van der Waals surface area contributed by atoms with Gasteiger partial charge in [0.2, 0.25) is 0 Å². The van der Waals surface area contributed by atoms with Crippen LogP contribution in [0.3, 0.4) is 0 Å². The first kappa shape index (κ1) is 9.68. The van der Waals surface area contributed by atoms with Gasteiger partial charge in [0.1, 0.15) is 6.29 Å². The second-order valence-corrected chi connectivity index (χ2v) is 3.54. The molecule has 12 heavy (non-hydrogen) atoms. The normalized spacial score (nSPS) is 23.8. The molecule has 3 heteroatoms. The molecule has 1 aliphatic rings. The zero-order chi connectivity index (χ0) is 8.97. The first-order valence-electron chi connectivity index (χ1n) is 4.58. The number of hydrogen-bond donors (Lipinski definition) is 1. The van der Waals surface area contributed by atoms with Crippen molar-refractivity contribution in [1.29, 1.82) is 0 Å². The highest BCUT2D eigenvalue weighted by molar-refractivity contribution is 5.53. The molecule has 1 fully saturated rings. The van der Waals surface area contributed by atoms with Crippen LogP contribution in [-0.4, -0.2) is 42.0 Å². The number of piperidine rings is 1. The first-order valence-corrected chi connectivity index (χ1v) is 4.58. The second-order valence-electron chi connectivity index (χ2n) is 3.54. The highest BCUT2D eigenvalue weighted by Crippen LogP contribution is 2.16. The van der Waals surface area contributed by atoms with Gasteiger partial charge in [0.05, 0.1) is 6.61 Å². The molecule has 0 aliphatic carbocycles. The standard InChI is InChI=1S/C9H17NO2/c1-8(6-11)10-4-2-9(7-12)3-5-10/h7-9,11H,2-6H2,1H3. The molecule has 0 aromatic heterocycles. The molecule has 1 atom stereocenters. The van der Waals surface area contributed by atoms with E-state index < -0.39 is 0 Å². The quantitative estimate of drug-likeness (QED) is 0.620. The van der Waals surface area contributed by atoms with Crippen LogP contribution in [0.5, 0.6) is 0 Å². The van der Waals surface area contributed by atoms with E-state index in [0.29, 0.717) is 0 Å². The molecule has 0 aromatic rings. The molecule has 3 nitrogen and oxygen atoms in total. The van der Waals surface area contributed by atoms with E-state index in [1.54, 1.807) is 0 Å².